The van der Waals surface area contributed by atoms with E-state index in [1.165, 1.54) is 6.07 Å². The first-order valence-electron chi connectivity index (χ1n) is 5.77. The Labute approximate surface area is 96.2 Å². The molecule has 2 nitrogen and oxygen atoms in total. The van der Waals surface area contributed by atoms with E-state index in [9.17, 15) is 4.39 Å². The van der Waals surface area contributed by atoms with Gasteiger partial charge in [0.1, 0.15) is 5.82 Å². The lowest BCUT2D eigenvalue weighted by atomic mass is 9.64. The molecule has 0 unspecified atom stereocenters. The molecule has 0 spiro atoms. The smallest absolute Gasteiger partial charge is 0.129 e. The van der Waals surface area contributed by atoms with Gasteiger partial charge >= 0.3 is 0 Å². The molecule has 0 amide bonds. The molecule has 0 radical (unpaired) electrons. The number of hydrogen-bond acceptors (Lipinski definition) is 2. The molecule has 0 bridgehead atoms. The first-order chi connectivity index (χ1) is 7.60. The van der Waals surface area contributed by atoms with Gasteiger partial charge in [0.25, 0.3) is 0 Å². The van der Waals surface area contributed by atoms with Crippen molar-refractivity contribution in [1.82, 2.24) is 0 Å². The molecular formula is C13H19FN2. The van der Waals surface area contributed by atoms with Gasteiger partial charge in [0.05, 0.1) is 0 Å². The van der Waals surface area contributed by atoms with E-state index in [4.69, 9.17) is 5.73 Å². The fourth-order valence-electron chi connectivity index (χ4n) is 2.57. The van der Waals surface area contributed by atoms with Crippen molar-refractivity contribution in [3.63, 3.8) is 0 Å². The molecule has 0 heterocycles. The molecule has 2 rings (SSSR count). The van der Waals surface area contributed by atoms with E-state index in [2.05, 4.69) is 0 Å². The quantitative estimate of drug-likeness (QED) is 0.850. The average Bonchev–Trinajstić information content (AvgIpc) is 2.19. The minimum Gasteiger partial charge on any atom is -0.377 e. The summed E-state index contributed by atoms with van der Waals surface area (Å²) < 4.78 is 14.0. The second-order valence-corrected chi connectivity index (χ2v) is 4.87. The van der Waals surface area contributed by atoms with E-state index in [-0.39, 0.29) is 11.2 Å². The predicted molar refractivity (Wildman–Crippen MR) is 65.3 cm³/mol. The van der Waals surface area contributed by atoms with E-state index in [1.54, 1.807) is 6.07 Å². The predicted octanol–water partition coefficient (Wildman–Crippen LogP) is 2.27. The molecule has 1 saturated carbocycles. The second-order valence-electron chi connectivity index (χ2n) is 4.87. The summed E-state index contributed by atoms with van der Waals surface area (Å²) in [6, 6.07) is 5.27. The molecule has 1 aliphatic rings. The number of rotatable bonds is 3. The topological polar surface area (TPSA) is 29.3 Å². The van der Waals surface area contributed by atoms with Gasteiger partial charge in [-0.1, -0.05) is 12.5 Å². The molecule has 0 aliphatic heterocycles. The van der Waals surface area contributed by atoms with Crippen LogP contribution in [0.3, 0.4) is 0 Å². The molecule has 1 aromatic rings. The Hall–Kier alpha value is -1.09. The molecule has 1 fully saturated rings. The normalized spacial score (nSPS) is 18.0. The SMILES string of the molecule is CN(C)c1cccc(F)c1C1(CN)CCC1. The Kier molecular flexibility index (Phi) is 2.89. The van der Waals surface area contributed by atoms with E-state index < -0.39 is 0 Å². The van der Waals surface area contributed by atoms with Gasteiger partial charge in [-0.3, -0.25) is 0 Å². The van der Waals surface area contributed by atoms with Crippen molar-refractivity contribution in [3.8, 4) is 0 Å². The van der Waals surface area contributed by atoms with Gasteiger partial charge < -0.3 is 10.6 Å². The van der Waals surface area contributed by atoms with Crippen molar-refractivity contribution in [1.29, 1.82) is 0 Å². The third-order valence-electron chi connectivity index (χ3n) is 3.71. The third kappa shape index (κ3) is 1.59. The summed E-state index contributed by atoms with van der Waals surface area (Å²) in [4.78, 5) is 1.97. The highest BCUT2D eigenvalue weighted by Gasteiger charge is 2.41. The van der Waals surface area contributed by atoms with E-state index in [0.29, 0.717) is 6.54 Å². The molecule has 3 heteroatoms. The summed E-state index contributed by atoms with van der Waals surface area (Å²) in [5, 5.41) is 0. The first-order valence-corrected chi connectivity index (χ1v) is 5.77. The van der Waals surface area contributed by atoms with Crippen LogP contribution in [-0.4, -0.2) is 20.6 Å². The summed E-state index contributed by atoms with van der Waals surface area (Å²) in [5.74, 6) is -0.114. The van der Waals surface area contributed by atoms with Crippen molar-refractivity contribution in [3.05, 3.63) is 29.6 Å². The lowest BCUT2D eigenvalue weighted by Gasteiger charge is -2.43. The monoisotopic (exact) mass is 222 g/mol. The Balaban J connectivity index is 2.53. The maximum absolute atomic E-state index is 14.0. The fraction of sp³-hybridized carbons (Fsp3) is 0.538. The highest BCUT2D eigenvalue weighted by Crippen LogP contribution is 2.47. The van der Waals surface area contributed by atoms with Gasteiger partial charge in [0.2, 0.25) is 0 Å². The second kappa shape index (κ2) is 4.06. The lowest BCUT2D eigenvalue weighted by Crippen LogP contribution is -2.43. The molecule has 88 valence electrons. The van der Waals surface area contributed by atoms with Crippen LogP contribution in [0, 0.1) is 5.82 Å². The highest BCUT2D eigenvalue weighted by molar-refractivity contribution is 5.57. The van der Waals surface area contributed by atoms with Crippen LogP contribution in [0.5, 0.6) is 0 Å². The summed E-state index contributed by atoms with van der Waals surface area (Å²) in [5.41, 5.74) is 7.51. The maximum Gasteiger partial charge on any atom is 0.129 e. The molecule has 0 aromatic heterocycles. The minimum atomic E-state index is -0.120. The molecule has 0 atom stereocenters. The van der Waals surface area contributed by atoms with Crippen LogP contribution in [-0.2, 0) is 5.41 Å². The van der Waals surface area contributed by atoms with Crippen LogP contribution in [0.1, 0.15) is 24.8 Å². The Morgan fingerprint density at radius 1 is 1.38 bits per heavy atom. The summed E-state index contributed by atoms with van der Waals surface area (Å²) in [6.45, 7) is 0.536. The largest absolute Gasteiger partial charge is 0.377 e. The van der Waals surface area contributed by atoms with Crippen LogP contribution >= 0.6 is 0 Å². The Morgan fingerprint density at radius 2 is 2.06 bits per heavy atom. The Bertz CT molecular complexity index is 378. The molecule has 0 saturated heterocycles. The van der Waals surface area contributed by atoms with Crippen molar-refractivity contribution in [2.45, 2.75) is 24.7 Å². The van der Waals surface area contributed by atoms with Crippen molar-refractivity contribution < 1.29 is 4.39 Å². The van der Waals surface area contributed by atoms with Gasteiger partial charge in [-0.15, -0.1) is 0 Å². The summed E-state index contributed by atoms with van der Waals surface area (Å²) in [6.07, 6.45) is 3.16. The van der Waals surface area contributed by atoms with Gasteiger partial charge in [-0.05, 0) is 25.0 Å². The zero-order chi connectivity index (χ0) is 11.8. The van der Waals surface area contributed by atoms with Crippen molar-refractivity contribution in [2.75, 3.05) is 25.5 Å². The number of anilines is 1. The Morgan fingerprint density at radius 3 is 2.50 bits per heavy atom. The number of hydrogen-bond donors (Lipinski definition) is 1. The summed E-state index contributed by atoms with van der Waals surface area (Å²) >= 11 is 0. The minimum absolute atomic E-state index is 0.114. The summed E-state index contributed by atoms with van der Waals surface area (Å²) in [7, 11) is 3.89. The standard InChI is InChI=1S/C13H19FN2/c1-16(2)11-6-3-5-10(14)12(11)13(9-15)7-4-8-13/h3,5-6H,4,7-9,15H2,1-2H3. The number of benzene rings is 1. The van der Waals surface area contributed by atoms with Crippen molar-refractivity contribution >= 4 is 5.69 Å². The van der Waals surface area contributed by atoms with Gasteiger partial charge in [-0.25, -0.2) is 4.39 Å². The zero-order valence-corrected chi connectivity index (χ0v) is 9.96. The van der Waals surface area contributed by atoms with Crippen LogP contribution in [0.2, 0.25) is 0 Å². The molecule has 1 aromatic carbocycles. The highest BCUT2D eigenvalue weighted by atomic mass is 19.1. The van der Waals surface area contributed by atoms with Gasteiger partial charge in [0.15, 0.2) is 0 Å². The third-order valence-corrected chi connectivity index (χ3v) is 3.71. The first kappa shape index (κ1) is 11.4. The maximum atomic E-state index is 14.0. The molecule has 2 N–H and O–H groups in total. The van der Waals surface area contributed by atoms with Crippen molar-refractivity contribution in [2.24, 2.45) is 5.73 Å². The molecule has 16 heavy (non-hydrogen) atoms. The van der Waals surface area contributed by atoms with Crippen LogP contribution in [0.25, 0.3) is 0 Å². The number of nitrogens with zero attached hydrogens (tertiary/aromatic N) is 1. The number of nitrogens with two attached hydrogens (primary N) is 1. The van der Waals surface area contributed by atoms with E-state index in [0.717, 1.165) is 30.5 Å². The van der Waals surface area contributed by atoms with E-state index >= 15 is 0 Å². The lowest BCUT2D eigenvalue weighted by molar-refractivity contribution is 0.245. The molecule has 1 aliphatic carbocycles. The van der Waals surface area contributed by atoms with E-state index in [1.807, 2.05) is 25.1 Å². The van der Waals surface area contributed by atoms with Crippen LogP contribution in [0.4, 0.5) is 10.1 Å². The number of halogens is 1. The van der Waals surface area contributed by atoms with Gasteiger partial charge in [0, 0.05) is 37.3 Å². The van der Waals surface area contributed by atoms with Crippen LogP contribution < -0.4 is 10.6 Å². The zero-order valence-electron chi connectivity index (χ0n) is 9.96. The average molecular weight is 222 g/mol. The van der Waals surface area contributed by atoms with Crippen LogP contribution in [0.15, 0.2) is 18.2 Å². The molecular weight excluding hydrogens is 203 g/mol. The van der Waals surface area contributed by atoms with Gasteiger partial charge in [-0.2, -0.15) is 0 Å². The fourth-order valence-corrected chi connectivity index (χ4v) is 2.57.